The van der Waals surface area contributed by atoms with Crippen LogP contribution in [0.15, 0.2) is 22.0 Å². The molecule has 0 bridgehead atoms. The Morgan fingerprint density at radius 3 is 2.55 bits per heavy atom. The molecule has 160 valence electrons. The van der Waals surface area contributed by atoms with Crippen LogP contribution in [0, 0.1) is 13.8 Å². The molecule has 0 radical (unpaired) electrons. The third-order valence-electron chi connectivity index (χ3n) is 5.66. The van der Waals surface area contributed by atoms with E-state index < -0.39 is 10.1 Å². The van der Waals surface area contributed by atoms with E-state index in [0.29, 0.717) is 17.8 Å². The summed E-state index contributed by atoms with van der Waals surface area (Å²) < 4.78 is 43.3. The molecule has 0 spiro atoms. The number of ether oxygens (including phenoxy) is 1. The molecule has 0 N–H and O–H groups in total. The van der Waals surface area contributed by atoms with Crippen LogP contribution in [-0.2, 0) is 14.9 Å². The van der Waals surface area contributed by atoms with Crippen molar-refractivity contribution < 1.29 is 22.3 Å². The molecule has 2 fully saturated rings. The molecular formula is C21H31N3O4S. The molecule has 1 aromatic carbocycles. The molecule has 1 aromatic rings. The van der Waals surface area contributed by atoms with Crippen LogP contribution in [0.1, 0.15) is 43.2 Å². The van der Waals surface area contributed by atoms with Gasteiger partial charge in [0, 0.05) is 19.6 Å². The maximum Gasteiger partial charge on any atom is 0.312 e. The van der Waals surface area contributed by atoms with Gasteiger partial charge in [0.2, 0.25) is 0 Å². The van der Waals surface area contributed by atoms with Crippen molar-refractivity contribution in [3.63, 3.8) is 0 Å². The summed E-state index contributed by atoms with van der Waals surface area (Å²) in [5.74, 6) is 0. The molecule has 7 nitrogen and oxygen atoms in total. The van der Waals surface area contributed by atoms with Crippen LogP contribution in [0.5, 0.6) is 0 Å². The minimum Gasteiger partial charge on any atom is -0.744 e. The molecule has 8 heteroatoms. The van der Waals surface area contributed by atoms with E-state index in [1.165, 1.54) is 6.42 Å². The predicted molar refractivity (Wildman–Crippen MR) is 110 cm³/mol. The van der Waals surface area contributed by atoms with Crippen molar-refractivity contribution in [2.45, 2.75) is 56.9 Å². The van der Waals surface area contributed by atoms with Gasteiger partial charge in [-0.2, -0.15) is 4.58 Å². The number of aliphatic imine (C=N–C) groups is 1. The largest absolute Gasteiger partial charge is 0.744 e. The third kappa shape index (κ3) is 5.96. The van der Waals surface area contributed by atoms with Crippen molar-refractivity contribution in [1.82, 2.24) is 4.90 Å². The smallest absolute Gasteiger partial charge is 0.312 e. The average molecular weight is 422 g/mol. The molecule has 2 aliphatic rings. The van der Waals surface area contributed by atoms with Gasteiger partial charge in [-0.15, -0.1) is 0 Å². The average Bonchev–Trinajstić information content (AvgIpc) is 2.67. The van der Waals surface area contributed by atoms with Crippen molar-refractivity contribution in [2.75, 3.05) is 39.4 Å². The highest BCUT2D eigenvalue weighted by Crippen LogP contribution is 2.33. The van der Waals surface area contributed by atoms with Crippen LogP contribution in [-0.4, -0.2) is 73.9 Å². The van der Waals surface area contributed by atoms with Crippen molar-refractivity contribution in [3.05, 3.63) is 23.3 Å². The van der Waals surface area contributed by atoms with Gasteiger partial charge in [0.15, 0.2) is 12.2 Å². The molecule has 0 atom stereocenters. The van der Waals surface area contributed by atoms with Gasteiger partial charge in [0.1, 0.15) is 21.1 Å². The molecular weight excluding hydrogens is 390 g/mol. The van der Waals surface area contributed by atoms with Crippen molar-refractivity contribution >= 4 is 21.8 Å². The van der Waals surface area contributed by atoms with Gasteiger partial charge in [-0.05, 0) is 61.7 Å². The quantitative estimate of drug-likeness (QED) is 0.400. The third-order valence-corrected chi connectivity index (χ3v) is 6.69. The number of aryl methyl sites for hydroxylation is 2. The lowest BCUT2D eigenvalue weighted by Gasteiger charge is -2.25. The number of benzene rings is 1. The molecule has 0 unspecified atom stereocenters. The SMILES string of the molecule is Cc1cc(C)c(S(=O)(=O)[O-])c([N+](=C=NCCN2CCOCC2)C2CCCCC2)c1. The summed E-state index contributed by atoms with van der Waals surface area (Å²) in [7, 11) is -4.61. The summed E-state index contributed by atoms with van der Waals surface area (Å²) in [6.45, 7) is 8.27. The summed E-state index contributed by atoms with van der Waals surface area (Å²) in [5.41, 5.74) is 1.81. The maximum absolute atomic E-state index is 12.1. The summed E-state index contributed by atoms with van der Waals surface area (Å²) in [5, 5.41) is 0. The van der Waals surface area contributed by atoms with Crippen molar-refractivity contribution in [2.24, 2.45) is 4.99 Å². The van der Waals surface area contributed by atoms with Crippen LogP contribution in [0.3, 0.4) is 0 Å². The molecule has 1 heterocycles. The van der Waals surface area contributed by atoms with Gasteiger partial charge in [-0.25, -0.2) is 8.42 Å². The van der Waals surface area contributed by atoms with Crippen LogP contribution in [0.4, 0.5) is 5.69 Å². The zero-order chi connectivity index (χ0) is 20.9. The van der Waals surface area contributed by atoms with Crippen LogP contribution in [0.2, 0.25) is 0 Å². The lowest BCUT2D eigenvalue weighted by molar-refractivity contribution is -0.486. The Labute approximate surface area is 173 Å². The van der Waals surface area contributed by atoms with Crippen LogP contribution >= 0.6 is 0 Å². The Kier molecular flexibility index (Phi) is 7.60. The second kappa shape index (κ2) is 9.96. The Balaban J connectivity index is 1.96. The molecule has 0 amide bonds. The first-order chi connectivity index (χ1) is 13.9. The second-order valence-corrected chi connectivity index (χ2v) is 9.30. The van der Waals surface area contributed by atoms with Crippen molar-refractivity contribution in [3.8, 4) is 0 Å². The first-order valence-electron chi connectivity index (χ1n) is 10.4. The number of morpholine rings is 1. The highest BCUT2D eigenvalue weighted by Gasteiger charge is 2.27. The fourth-order valence-electron chi connectivity index (χ4n) is 4.25. The van der Waals surface area contributed by atoms with E-state index in [0.717, 1.165) is 64.1 Å². The van der Waals surface area contributed by atoms with Gasteiger partial charge in [0.25, 0.3) is 0 Å². The molecule has 1 saturated heterocycles. The topological polar surface area (TPSA) is 85.0 Å². The minimum atomic E-state index is -4.61. The standard InChI is InChI=1S/C21H31N3O4S/c1-17-14-18(2)21(29(25,26)27)20(15-17)24(19-6-4-3-5-7-19)16-22-8-9-23-10-12-28-13-11-23/h14-15,19H,3-13H2,1-2H3. The molecule has 0 aromatic heterocycles. The molecule has 1 aliphatic carbocycles. The van der Waals surface area contributed by atoms with E-state index >= 15 is 0 Å². The zero-order valence-electron chi connectivity index (χ0n) is 17.4. The maximum atomic E-state index is 12.1. The zero-order valence-corrected chi connectivity index (χ0v) is 18.2. The molecule has 1 saturated carbocycles. The van der Waals surface area contributed by atoms with E-state index in [2.05, 4.69) is 15.9 Å². The van der Waals surface area contributed by atoms with Crippen LogP contribution < -0.4 is 0 Å². The number of hydrogen-bond acceptors (Lipinski definition) is 6. The van der Waals surface area contributed by atoms with E-state index in [1.807, 2.05) is 11.5 Å². The Morgan fingerprint density at radius 2 is 1.90 bits per heavy atom. The normalized spacial score (nSPS) is 19.0. The Hall–Kier alpha value is -1.57. The summed E-state index contributed by atoms with van der Waals surface area (Å²) in [6, 6.07) is 6.73. The van der Waals surface area contributed by atoms with E-state index in [4.69, 9.17) is 4.74 Å². The summed E-state index contributed by atoms with van der Waals surface area (Å²) >= 11 is 0. The second-order valence-electron chi connectivity index (χ2n) is 7.98. The minimum absolute atomic E-state index is 0.109. The number of nitrogens with zero attached hydrogens (tertiary/aromatic N) is 3. The first-order valence-corrected chi connectivity index (χ1v) is 11.9. The number of rotatable bonds is 6. The highest BCUT2D eigenvalue weighted by molar-refractivity contribution is 7.86. The Morgan fingerprint density at radius 1 is 1.21 bits per heavy atom. The number of hydrogen-bond donors (Lipinski definition) is 0. The first kappa shape index (κ1) is 22.1. The lowest BCUT2D eigenvalue weighted by atomic mass is 9.94. The van der Waals surface area contributed by atoms with E-state index in [9.17, 15) is 13.0 Å². The lowest BCUT2D eigenvalue weighted by Crippen LogP contribution is -2.37. The predicted octanol–water partition coefficient (Wildman–Crippen LogP) is 2.69. The summed E-state index contributed by atoms with van der Waals surface area (Å²) in [6.07, 6.45) is 5.23. The highest BCUT2D eigenvalue weighted by atomic mass is 32.2. The monoisotopic (exact) mass is 421 g/mol. The Bertz CT molecular complexity index is 879. The van der Waals surface area contributed by atoms with Gasteiger partial charge < -0.3 is 9.29 Å². The van der Waals surface area contributed by atoms with Gasteiger partial charge in [-0.3, -0.25) is 4.90 Å². The van der Waals surface area contributed by atoms with Crippen LogP contribution in [0.25, 0.3) is 0 Å². The van der Waals surface area contributed by atoms with E-state index in [-0.39, 0.29) is 10.9 Å². The molecule has 29 heavy (non-hydrogen) atoms. The fraction of sp³-hybridized carbons (Fsp3) is 0.667. The van der Waals surface area contributed by atoms with Gasteiger partial charge in [0.05, 0.1) is 13.2 Å². The fourth-order valence-corrected chi connectivity index (χ4v) is 5.12. The molecule has 3 rings (SSSR count). The molecule has 1 aliphatic heterocycles. The van der Waals surface area contributed by atoms with Crippen molar-refractivity contribution in [1.29, 1.82) is 0 Å². The van der Waals surface area contributed by atoms with Gasteiger partial charge >= 0.3 is 6.01 Å². The van der Waals surface area contributed by atoms with Gasteiger partial charge in [-0.1, -0.05) is 12.5 Å². The van der Waals surface area contributed by atoms with E-state index in [1.54, 1.807) is 19.1 Å². The summed E-state index contributed by atoms with van der Waals surface area (Å²) in [4.78, 5) is 6.64.